The molecule has 1 amide bonds. The third-order valence-corrected chi connectivity index (χ3v) is 6.20. The highest BCUT2D eigenvalue weighted by molar-refractivity contribution is 7.13. The first-order valence-electron chi connectivity index (χ1n) is 9.76. The van der Waals surface area contributed by atoms with Crippen molar-refractivity contribution in [1.82, 2.24) is 25.1 Å². The molecule has 4 aromatic rings. The second-order valence-electron chi connectivity index (χ2n) is 7.14. The molecule has 0 saturated carbocycles. The predicted molar refractivity (Wildman–Crippen MR) is 116 cm³/mol. The first-order valence-corrected chi connectivity index (χ1v) is 11.0. The molecule has 0 aliphatic carbocycles. The Hall–Kier alpha value is -3.01. The molecule has 0 N–H and O–H groups in total. The predicted octanol–water partition coefficient (Wildman–Crippen LogP) is 4.06. The van der Waals surface area contributed by atoms with Crippen LogP contribution >= 0.6 is 22.9 Å². The number of carbonyl (C=O) groups is 1. The van der Waals surface area contributed by atoms with Gasteiger partial charge in [-0.3, -0.25) is 9.69 Å². The smallest absolute Gasteiger partial charge is 0.276 e. The molecule has 31 heavy (non-hydrogen) atoms. The van der Waals surface area contributed by atoms with Gasteiger partial charge in [-0.15, -0.1) is 11.3 Å². The molecule has 158 valence electrons. The average Bonchev–Trinajstić information content (AvgIpc) is 3.56. The number of hydrogen-bond acceptors (Lipinski definition) is 8. The van der Waals surface area contributed by atoms with Crippen molar-refractivity contribution in [2.45, 2.75) is 6.54 Å². The molecule has 1 aliphatic heterocycles. The molecule has 4 heterocycles. The van der Waals surface area contributed by atoms with Crippen LogP contribution in [-0.4, -0.2) is 57.2 Å². The summed E-state index contributed by atoms with van der Waals surface area (Å²) in [5.41, 5.74) is 1.12. The van der Waals surface area contributed by atoms with Gasteiger partial charge >= 0.3 is 0 Å². The fourth-order valence-electron chi connectivity index (χ4n) is 3.41. The van der Waals surface area contributed by atoms with E-state index in [1.165, 1.54) is 0 Å². The van der Waals surface area contributed by atoms with Gasteiger partial charge in [0.1, 0.15) is 0 Å². The zero-order chi connectivity index (χ0) is 21.2. The first kappa shape index (κ1) is 19.9. The van der Waals surface area contributed by atoms with E-state index in [0.29, 0.717) is 60.9 Å². The lowest BCUT2D eigenvalue weighted by Gasteiger charge is -2.33. The van der Waals surface area contributed by atoms with Crippen LogP contribution in [0.1, 0.15) is 16.4 Å². The second kappa shape index (κ2) is 8.62. The number of thiophene rings is 1. The standard InChI is InChI=1S/C21H18ClN5O3S/c22-15-5-3-14(4-6-15)17-12-16(24-29-17)21(28)27-9-7-26(8-10-27)13-19-23-20(25-30-19)18-2-1-11-31-18/h1-6,11-12H,7-10,13H2. The molecule has 1 aromatic carbocycles. The maximum absolute atomic E-state index is 12.8. The number of aromatic nitrogens is 3. The lowest BCUT2D eigenvalue weighted by Crippen LogP contribution is -2.48. The Morgan fingerprint density at radius 1 is 1.06 bits per heavy atom. The lowest BCUT2D eigenvalue weighted by molar-refractivity contribution is 0.0605. The van der Waals surface area contributed by atoms with E-state index in [4.69, 9.17) is 20.6 Å². The van der Waals surface area contributed by atoms with E-state index in [1.54, 1.807) is 34.4 Å². The number of rotatable bonds is 5. The summed E-state index contributed by atoms with van der Waals surface area (Å²) in [5.74, 6) is 1.59. The van der Waals surface area contributed by atoms with Gasteiger partial charge in [0.2, 0.25) is 11.7 Å². The SMILES string of the molecule is O=C(c1cc(-c2ccc(Cl)cc2)on1)N1CCN(Cc2nc(-c3cccs3)no2)CC1. The monoisotopic (exact) mass is 455 g/mol. The number of piperazine rings is 1. The van der Waals surface area contributed by atoms with Crippen molar-refractivity contribution >= 4 is 28.8 Å². The van der Waals surface area contributed by atoms with Crippen molar-refractivity contribution in [1.29, 1.82) is 0 Å². The van der Waals surface area contributed by atoms with Crippen LogP contribution in [0.2, 0.25) is 5.02 Å². The molecule has 1 saturated heterocycles. The Morgan fingerprint density at radius 3 is 2.61 bits per heavy atom. The number of carbonyl (C=O) groups excluding carboxylic acids is 1. The van der Waals surface area contributed by atoms with Gasteiger partial charge in [0.25, 0.3) is 5.91 Å². The maximum atomic E-state index is 12.8. The van der Waals surface area contributed by atoms with Crippen molar-refractivity contribution < 1.29 is 13.8 Å². The molecular formula is C21H18ClN5O3S. The Bertz CT molecular complexity index is 1160. The highest BCUT2D eigenvalue weighted by Gasteiger charge is 2.26. The minimum absolute atomic E-state index is 0.138. The Balaban J connectivity index is 1.17. The number of halogens is 1. The summed E-state index contributed by atoms with van der Waals surface area (Å²) in [6.07, 6.45) is 0. The second-order valence-corrected chi connectivity index (χ2v) is 8.52. The van der Waals surface area contributed by atoms with Crippen LogP contribution in [0.5, 0.6) is 0 Å². The van der Waals surface area contributed by atoms with Gasteiger partial charge in [-0.25, -0.2) is 0 Å². The summed E-state index contributed by atoms with van der Waals surface area (Å²) in [4.78, 5) is 22.2. The van der Waals surface area contributed by atoms with Gasteiger partial charge in [-0.05, 0) is 35.7 Å². The van der Waals surface area contributed by atoms with E-state index in [-0.39, 0.29) is 5.91 Å². The van der Waals surface area contributed by atoms with Crippen molar-refractivity contribution in [3.8, 4) is 22.0 Å². The Labute approximate surface area is 187 Å². The van der Waals surface area contributed by atoms with E-state index in [1.807, 2.05) is 29.6 Å². The van der Waals surface area contributed by atoms with Gasteiger partial charge in [-0.1, -0.05) is 28.0 Å². The molecule has 10 heteroatoms. The van der Waals surface area contributed by atoms with Crippen molar-refractivity contribution in [2.75, 3.05) is 26.2 Å². The summed E-state index contributed by atoms with van der Waals surface area (Å²) in [6, 6.07) is 12.8. The third kappa shape index (κ3) is 4.39. The molecule has 8 nitrogen and oxygen atoms in total. The molecular weight excluding hydrogens is 438 g/mol. The van der Waals surface area contributed by atoms with Gasteiger partial charge in [0, 0.05) is 42.8 Å². The molecule has 3 aromatic heterocycles. The summed E-state index contributed by atoms with van der Waals surface area (Å²) in [5, 5.41) is 10.6. The quantitative estimate of drug-likeness (QED) is 0.448. The van der Waals surface area contributed by atoms with E-state index >= 15 is 0 Å². The summed E-state index contributed by atoms with van der Waals surface area (Å²) >= 11 is 7.50. The van der Waals surface area contributed by atoms with Crippen molar-refractivity contribution in [2.24, 2.45) is 0 Å². The summed E-state index contributed by atoms with van der Waals surface area (Å²) < 4.78 is 10.7. The first-order chi connectivity index (χ1) is 15.2. The minimum atomic E-state index is -0.138. The van der Waals surface area contributed by atoms with E-state index < -0.39 is 0 Å². The van der Waals surface area contributed by atoms with Crippen LogP contribution in [0.25, 0.3) is 22.0 Å². The Kier molecular flexibility index (Phi) is 5.54. The van der Waals surface area contributed by atoms with Crippen LogP contribution in [0, 0.1) is 0 Å². The summed E-state index contributed by atoms with van der Waals surface area (Å²) in [6.45, 7) is 3.17. The lowest BCUT2D eigenvalue weighted by atomic mass is 10.1. The molecule has 0 radical (unpaired) electrons. The molecule has 1 aliphatic rings. The normalized spacial score (nSPS) is 14.8. The van der Waals surface area contributed by atoms with E-state index in [2.05, 4.69) is 20.2 Å². The third-order valence-electron chi connectivity index (χ3n) is 5.09. The highest BCUT2D eigenvalue weighted by atomic mass is 35.5. The fraction of sp³-hybridized carbons (Fsp3) is 0.238. The van der Waals surface area contributed by atoms with Crippen LogP contribution in [0.4, 0.5) is 0 Å². The van der Waals surface area contributed by atoms with Gasteiger partial charge in [0.15, 0.2) is 11.5 Å². The molecule has 5 rings (SSSR count). The number of nitrogens with zero attached hydrogens (tertiary/aromatic N) is 5. The van der Waals surface area contributed by atoms with E-state index in [0.717, 1.165) is 10.4 Å². The molecule has 0 unspecified atom stereocenters. The van der Waals surface area contributed by atoms with Gasteiger partial charge < -0.3 is 13.9 Å². The van der Waals surface area contributed by atoms with Crippen LogP contribution in [-0.2, 0) is 6.54 Å². The van der Waals surface area contributed by atoms with Gasteiger partial charge in [-0.2, -0.15) is 4.98 Å². The topological polar surface area (TPSA) is 88.5 Å². The molecule has 0 bridgehead atoms. The molecule has 0 atom stereocenters. The number of hydrogen-bond donors (Lipinski definition) is 0. The Morgan fingerprint density at radius 2 is 1.87 bits per heavy atom. The minimum Gasteiger partial charge on any atom is -0.355 e. The number of benzene rings is 1. The summed E-state index contributed by atoms with van der Waals surface area (Å²) in [7, 11) is 0. The van der Waals surface area contributed by atoms with Crippen LogP contribution in [0.15, 0.2) is 56.9 Å². The number of amides is 1. The van der Waals surface area contributed by atoms with Crippen molar-refractivity contribution in [3.63, 3.8) is 0 Å². The average molecular weight is 456 g/mol. The molecule has 0 spiro atoms. The molecule has 1 fully saturated rings. The van der Waals surface area contributed by atoms with Gasteiger partial charge in [0.05, 0.1) is 11.4 Å². The fourth-order valence-corrected chi connectivity index (χ4v) is 4.19. The van der Waals surface area contributed by atoms with Crippen molar-refractivity contribution in [3.05, 3.63) is 64.5 Å². The van der Waals surface area contributed by atoms with Crippen LogP contribution < -0.4 is 0 Å². The zero-order valence-corrected chi connectivity index (χ0v) is 18.0. The van der Waals surface area contributed by atoms with Crippen LogP contribution in [0.3, 0.4) is 0 Å². The zero-order valence-electron chi connectivity index (χ0n) is 16.4. The highest BCUT2D eigenvalue weighted by Crippen LogP contribution is 2.24. The largest absolute Gasteiger partial charge is 0.355 e. The van der Waals surface area contributed by atoms with E-state index in [9.17, 15) is 4.79 Å². The maximum Gasteiger partial charge on any atom is 0.276 e.